The van der Waals surface area contributed by atoms with Gasteiger partial charge in [0, 0.05) is 5.56 Å². The minimum atomic E-state index is -2.50. The molecular formula is C13H19F2NO. The summed E-state index contributed by atoms with van der Waals surface area (Å²) in [6, 6.07) is 6.93. The molecule has 0 fully saturated rings. The fraction of sp³-hybridized carbons (Fsp3) is 0.538. The lowest BCUT2D eigenvalue weighted by Gasteiger charge is -2.31. The van der Waals surface area contributed by atoms with Crippen molar-refractivity contribution in [1.29, 1.82) is 0 Å². The molecule has 0 aliphatic carbocycles. The third-order valence-electron chi connectivity index (χ3n) is 2.73. The van der Waals surface area contributed by atoms with Gasteiger partial charge in [0.25, 0.3) is 6.43 Å². The van der Waals surface area contributed by atoms with Crippen molar-refractivity contribution in [3.8, 4) is 5.75 Å². The molecule has 1 rings (SSSR count). The standard InChI is InChI=1S/C13H19F2NO/c1-4-16-13(3,12(14)15)10-8-6-7-9-11(10)17-5-2/h6-9,12,16H,4-5H2,1-3H3. The molecule has 1 unspecified atom stereocenters. The van der Waals surface area contributed by atoms with Crippen LogP contribution in [0.25, 0.3) is 0 Å². The van der Waals surface area contributed by atoms with Crippen LogP contribution < -0.4 is 10.1 Å². The zero-order valence-corrected chi connectivity index (χ0v) is 10.5. The second kappa shape index (κ2) is 5.96. The molecule has 96 valence electrons. The van der Waals surface area contributed by atoms with Crippen molar-refractivity contribution in [1.82, 2.24) is 5.32 Å². The van der Waals surface area contributed by atoms with Crippen LogP contribution in [-0.2, 0) is 5.54 Å². The van der Waals surface area contributed by atoms with Gasteiger partial charge in [-0.05, 0) is 26.5 Å². The highest BCUT2D eigenvalue weighted by molar-refractivity contribution is 5.39. The molecule has 0 aliphatic rings. The predicted octanol–water partition coefficient (Wildman–Crippen LogP) is 3.18. The molecule has 2 nitrogen and oxygen atoms in total. The van der Waals surface area contributed by atoms with E-state index in [0.717, 1.165) is 0 Å². The molecule has 0 amide bonds. The van der Waals surface area contributed by atoms with E-state index >= 15 is 0 Å². The van der Waals surface area contributed by atoms with E-state index in [2.05, 4.69) is 5.32 Å². The van der Waals surface area contributed by atoms with Crippen LogP contribution in [0.4, 0.5) is 8.78 Å². The molecule has 0 saturated heterocycles. The van der Waals surface area contributed by atoms with Crippen LogP contribution in [0.3, 0.4) is 0 Å². The quantitative estimate of drug-likeness (QED) is 0.828. The third kappa shape index (κ3) is 2.94. The van der Waals surface area contributed by atoms with Crippen LogP contribution in [0.1, 0.15) is 26.3 Å². The van der Waals surface area contributed by atoms with Gasteiger partial charge in [0.1, 0.15) is 11.3 Å². The molecule has 0 spiro atoms. The van der Waals surface area contributed by atoms with E-state index in [4.69, 9.17) is 4.74 Å². The lowest BCUT2D eigenvalue weighted by atomic mass is 9.91. The molecule has 0 saturated carbocycles. The van der Waals surface area contributed by atoms with Crippen LogP contribution in [0.2, 0.25) is 0 Å². The van der Waals surface area contributed by atoms with Crippen molar-refractivity contribution in [2.45, 2.75) is 32.7 Å². The SMILES string of the molecule is CCNC(C)(c1ccccc1OCC)C(F)F. The maximum absolute atomic E-state index is 13.3. The fourth-order valence-corrected chi connectivity index (χ4v) is 1.83. The number of halogens is 2. The summed E-state index contributed by atoms with van der Waals surface area (Å²) in [4.78, 5) is 0. The van der Waals surface area contributed by atoms with Crippen LogP contribution in [-0.4, -0.2) is 19.6 Å². The Balaban J connectivity index is 3.17. The first-order chi connectivity index (χ1) is 8.06. The Bertz CT molecular complexity index is 357. The van der Waals surface area contributed by atoms with Crippen molar-refractivity contribution in [2.75, 3.05) is 13.2 Å². The van der Waals surface area contributed by atoms with Gasteiger partial charge in [0.2, 0.25) is 0 Å². The Hall–Kier alpha value is -1.16. The zero-order chi connectivity index (χ0) is 12.9. The normalized spacial score (nSPS) is 14.7. The molecule has 1 aromatic rings. The number of rotatable bonds is 6. The summed E-state index contributed by atoms with van der Waals surface area (Å²) in [5, 5.41) is 2.84. The molecule has 1 atom stereocenters. The lowest BCUT2D eigenvalue weighted by molar-refractivity contribution is 0.0377. The molecule has 1 N–H and O–H groups in total. The molecule has 0 bridgehead atoms. The average Bonchev–Trinajstić information content (AvgIpc) is 2.30. The largest absolute Gasteiger partial charge is 0.494 e. The van der Waals surface area contributed by atoms with Crippen molar-refractivity contribution in [3.63, 3.8) is 0 Å². The third-order valence-corrected chi connectivity index (χ3v) is 2.73. The summed E-state index contributed by atoms with van der Waals surface area (Å²) in [6.07, 6.45) is -2.50. The van der Waals surface area contributed by atoms with Crippen molar-refractivity contribution in [2.24, 2.45) is 0 Å². The smallest absolute Gasteiger partial charge is 0.260 e. The second-order valence-corrected chi connectivity index (χ2v) is 3.96. The van der Waals surface area contributed by atoms with Crippen molar-refractivity contribution < 1.29 is 13.5 Å². The van der Waals surface area contributed by atoms with E-state index in [-0.39, 0.29) is 0 Å². The van der Waals surface area contributed by atoms with Gasteiger partial charge in [-0.15, -0.1) is 0 Å². The summed E-state index contributed by atoms with van der Waals surface area (Å²) in [5.74, 6) is 0.513. The average molecular weight is 243 g/mol. The highest BCUT2D eigenvalue weighted by Gasteiger charge is 2.38. The number of hydrogen-bond acceptors (Lipinski definition) is 2. The van der Waals surface area contributed by atoms with Gasteiger partial charge >= 0.3 is 0 Å². The summed E-state index contributed by atoms with van der Waals surface area (Å²) >= 11 is 0. The van der Waals surface area contributed by atoms with Crippen LogP contribution in [0.15, 0.2) is 24.3 Å². The lowest BCUT2D eigenvalue weighted by Crippen LogP contribution is -2.46. The first kappa shape index (κ1) is 13.9. The minimum absolute atomic E-state index is 0.461. The van der Waals surface area contributed by atoms with E-state index in [9.17, 15) is 8.78 Å². The first-order valence-electron chi connectivity index (χ1n) is 5.81. The van der Waals surface area contributed by atoms with Gasteiger partial charge in [-0.25, -0.2) is 8.78 Å². The minimum Gasteiger partial charge on any atom is -0.494 e. The van der Waals surface area contributed by atoms with Gasteiger partial charge in [-0.2, -0.15) is 0 Å². The summed E-state index contributed by atoms with van der Waals surface area (Å²) in [6.45, 7) is 6.08. The highest BCUT2D eigenvalue weighted by Crippen LogP contribution is 2.34. The fourth-order valence-electron chi connectivity index (χ4n) is 1.83. The Morgan fingerprint density at radius 3 is 2.47 bits per heavy atom. The van der Waals surface area contributed by atoms with Crippen molar-refractivity contribution >= 4 is 0 Å². The Morgan fingerprint density at radius 1 is 1.29 bits per heavy atom. The summed E-state index contributed by atoms with van der Waals surface area (Å²) < 4.78 is 31.9. The monoisotopic (exact) mass is 243 g/mol. The van der Waals surface area contributed by atoms with Gasteiger partial charge in [-0.1, -0.05) is 25.1 Å². The molecule has 0 heterocycles. The maximum Gasteiger partial charge on any atom is 0.260 e. The molecule has 1 aromatic carbocycles. The van der Waals surface area contributed by atoms with Crippen LogP contribution >= 0.6 is 0 Å². The molecule has 4 heteroatoms. The van der Waals surface area contributed by atoms with E-state index in [1.54, 1.807) is 24.3 Å². The summed E-state index contributed by atoms with van der Waals surface area (Å²) in [5.41, 5.74) is -0.876. The first-order valence-corrected chi connectivity index (χ1v) is 5.81. The van der Waals surface area contributed by atoms with Crippen molar-refractivity contribution in [3.05, 3.63) is 29.8 Å². The molecular weight excluding hydrogens is 224 g/mol. The highest BCUT2D eigenvalue weighted by atomic mass is 19.3. The number of ether oxygens (including phenoxy) is 1. The number of alkyl halides is 2. The van der Waals surface area contributed by atoms with Gasteiger partial charge in [0.05, 0.1) is 6.61 Å². The molecule has 0 aliphatic heterocycles. The van der Waals surface area contributed by atoms with Crippen LogP contribution in [0.5, 0.6) is 5.75 Å². The number of hydrogen-bond donors (Lipinski definition) is 1. The van der Waals surface area contributed by atoms with E-state index in [1.165, 1.54) is 6.92 Å². The zero-order valence-electron chi connectivity index (χ0n) is 10.5. The Kier molecular flexibility index (Phi) is 4.87. The van der Waals surface area contributed by atoms with E-state index < -0.39 is 12.0 Å². The second-order valence-electron chi connectivity index (χ2n) is 3.96. The van der Waals surface area contributed by atoms with Gasteiger partial charge in [-0.3, -0.25) is 0 Å². The number of nitrogens with one attached hydrogen (secondary N) is 1. The summed E-state index contributed by atoms with van der Waals surface area (Å²) in [7, 11) is 0. The van der Waals surface area contributed by atoms with Gasteiger partial charge in [0.15, 0.2) is 0 Å². The molecule has 0 radical (unpaired) electrons. The maximum atomic E-state index is 13.3. The Morgan fingerprint density at radius 2 is 1.94 bits per heavy atom. The Labute approximate surface area is 101 Å². The predicted molar refractivity (Wildman–Crippen MR) is 64.6 cm³/mol. The topological polar surface area (TPSA) is 21.3 Å². The van der Waals surface area contributed by atoms with Crippen LogP contribution in [0, 0.1) is 0 Å². The van der Waals surface area contributed by atoms with E-state index in [1.807, 2.05) is 13.8 Å². The van der Waals surface area contributed by atoms with E-state index in [0.29, 0.717) is 24.5 Å². The van der Waals surface area contributed by atoms with Gasteiger partial charge < -0.3 is 10.1 Å². The number of benzene rings is 1. The molecule has 0 aromatic heterocycles. The molecule has 17 heavy (non-hydrogen) atoms. The number of para-hydroxylation sites is 1.